The molecule has 0 heterocycles. The topological polar surface area (TPSA) is 111 Å². The van der Waals surface area contributed by atoms with Gasteiger partial charge >= 0.3 is 11.9 Å². The highest BCUT2D eigenvalue weighted by atomic mass is 31.2. The van der Waals surface area contributed by atoms with Crippen LogP contribution in [0.3, 0.4) is 0 Å². The number of likely N-dealkylation sites (N-methyl/N-ethyl adjacent to an activating group) is 1. The minimum atomic E-state index is -4.62. The average Bonchev–Trinajstić information content (AvgIpc) is 3.10. The van der Waals surface area contributed by atoms with E-state index >= 15 is 0 Å². The molecule has 0 aliphatic heterocycles. The zero-order valence-electron chi connectivity index (χ0n) is 35.2. The number of ether oxygens (including phenoxy) is 2. The van der Waals surface area contributed by atoms with Crippen LogP contribution < -0.4 is 4.89 Å². The van der Waals surface area contributed by atoms with Gasteiger partial charge in [-0.3, -0.25) is 14.2 Å². The van der Waals surface area contributed by atoms with E-state index in [4.69, 9.17) is 18.5 Å². The quantitative estimate of drug-likeness (QED) is 0.0199. The first-order chi connectivity index (χ1) is 25.5. The summed E-state index contributed by atoms with van der Waals surface area (Å²) in [5.41, 5.74) is 0. The molecular formula is C43H84NO8P. The van der Waals surface area contributed by atoms with Gasteiger partial charge in [-0.1, -0.05) is 161 Å². The van der Waals surface area contributed by atoms with E-state index < -0.39 is 26.5 Å². The van der Waals surface area contributed by atoms with Crippen molar-refractivity contribution in [2.45, 2.75) is 206 Å². The molecule has 10 heteroatoms. The van der Waals surface area contributed by atoms with Crippen molar-refractivity contribution in [1.82, 2.24) is 0 Å². The Balaban J connectivity index is 4.34. The Bertz CT molecular complexity index is 922. The lowest BCUT2D eigenvalue weighted by molar-refractivity contribution is -0.870. The fraction of sp³-hybridized carbons (Fsp3) is 0.907. The van der Waals surface area contributed by atoms with Gasteiger partial charge < -0.3 is 27.9 Å². The van der Waals surface area contributed by atoms with Gasteiger partial charge in [-0.25, -0.2) is 0 Å². The molecule has 53 heavy (non-hydrogen) atoms. The molecule has 0 aliphatic rings. The van der Waals surface area contributed by atoms with Gasteiger partial charge in [-0.05, 0) is 38.5 Å². The third-order valence-electron chi connectivity index (χ3n) is 9.54. The second-order valence-corrected chi connectivity index (χ2v) is 17.5. The van der Waals surface area contributed by atoms with Crippen LogP contribution in [0.25, 0.3) is 0 Å². The predicted molar refractivity (Wildman–Crippen MR) is 218 cm³/mol. The Morgan fingerprint density at radius 2 is 0.962 bits per heavy atom. The zero-order valence-corrected chi connectivity index (χ0v) is 36.1. The molecule has 0 saturated carbocycles. The van der Waals surface area contributed by atoms with Crippen molar-refractivity contribution in [2.75, 3.05) is 47.5 Å². The minimum absolute atomic E-state index is 0.0286. The normalized spacial score (nSPS) is 13.7. The van der Waals surface area contributed by atoms with Crippen LogP contribution in [0.1, 0.15) is 200 Å². The number of allylic oxidation sites excluding steroid dienone is 2. The number of quaternary nitrogens is 1. The number of hydrogen-bond donors (Lipinski definition) is 0. The van der Waals surface area contributed by atoms with Gasteiger partial charge in [-0.2, -0.15) is 0 Å². The van der Waals surface area contributed by atoms with Crippen LogP contribution in [0.15, 0.2) is 12.2 Å². The first-order valence-corrected chi connectivity index (χ1v) is 23.4. The van der Waals surface area contributed by atoms with Crippen LogP contribution in [0.5, 0.6) is 0 Å². The molecule has 9 nitrogen and oxygen atoms in total. The number of unbranched alkanes of at least 4 members (excludes halogenated alkanes) is 24. The monoisotopic (exact) mass is 774 g/mol. The summed E-state index contributed by atoms with van der Waals surface area (Å²) in [4.78, 5) is 37.5. The molecule has 0 aliphatic carbocycles. The van der Waals surface area contributed by atoms with Gasteiger partial charge in [0, 0.05) is 12.8 Å². The standard InChI is InChI=1S/C43H84NO8P/c1-6-8-10-12-14-16-18-20-21-22-23-24-26-28-30-32-34-36-43(46)52-41(40-51-53(47,48)50-38-37-44(3,4)5)39-49-42(45)35-33-31-29-27-25-19-17-15-13-11-9-7-2/h20-21,41H,6-19,22-40H2,1-5H3/b21-20-/t41-/m1/s1. The smallest absolute Gasteiger partial charge is 0.306 e. The minimum Gasteiger partial charge on any atom is -0.756 e. The summed E-state index contributed by atoms with van der Waals surface area (Å²) in [6, 6.07) is 0. The van der Waals surface area contributed by atoms with E-state index in [1.807, 2.05) is 21.1 Å². The summed E-state index contributed by atoms with van der Waals surface area (Å²) in [5, 5.41) is 0. The first-order valence-electron chi connectivity index (χ1n) is 21.9. The highest BCUT2D eigenvalue weighted by Crippen LogP contribution is 2.38. The fourth-order valence-corrected chi connectivity index (χ4v) is 6.79. The van der Waals surface area contributed by atoms with Crippen LogP contribution >= 0.6 is 7.82 Å². The lowest BCUT2D eigenvalue weighted by Crippen LogP contribution is -2.37. The van der Waals surface area contributed by atoms with Gasteiger partial charge in [0.2, 0.25) is 0 Å². The highest BCUT2D eigenvalue weighted by Gasteiger charge is 2.21. The number of hydrogen-bond acceptors (Lipinski definition) is 8. The number of phosphoric ester groups is 1. The van der Waals surface area contributed by atoms with E-state index in [2.05, 4.69) is 26.0 Å². The molecule has 0 aromatic rings. The van der Waals surface area contributed by atoms with Crippen molar-refractivity contribution >= 4 is 19.8 Å². The summed E-state index contributed by atoms with van der Waals surface area (Å²) in [7, 11) is 1.17. The Labute approximate surface area is 326 Å². The number of carbonyl (C=O) groups is 2. The van der Waals surface area contributed by atoms with Crippen molar-refractivity contribution in [3.8, 4) is 0 Å². The summed E-state index contributed by atoms with van der Waals surface area (Å²) >= 11 is 0. The third-order valence-corrected chi connectivity index (χ3v) is 10.5. The summed E-state index contributed by atoms with van der Waals surface area (Å²) < 4.78 is 33.9. The van der Waals surface area contributed by atoms with E-state index in [1.54, 1.807) is 0 Å². The molecule has 2 atom stereocenters. The van der Waals surface area contributed by atoms with Crippen molar-refractivity contribution in [3.05, 3.63) is 12.2 Å². The van der Waals surface area contributed by atoms with Crippen molar-refractivity contribution < 1.29 is 42.1 Å². The van der Waals surface area contributed by atoms with Gasteiger partial charge in [0.1, 0.15) is 19.8 Å². The molecule has 0 amide bonds. The highest BCUT2D eigenvalue weighted by molar-refractivity contribution is 7.45. The van der Waals surface area contributed by atoms with Crippen molar-refractivity contribution in [1.29, 1.82) is 0 Å². The maximum atomic E-state index is 12.7. The maximum Gasteiger partial charge on any atom is 0.306 e. The fourth-order valence-electron chi connectivity index (χ4n) is 6.06. The van der Waals surface area contributed by atoms with Crippen LogP contribution in [0.2, 0.25) is 0 Å². The van der Waals surface area contributed by atoms with E-state index in [0.717, 1.165) is 44.9 Å². The van der Waals surface area contributed by atoms with Gasteiger partial charge in [0.05, 0.1) is 27.7 Å². The molecule has 0 fully saturated rings. The van der Waals surface area contributed by atoms with Crippen LogP contribution in [-0.4, -0.2) is 70.0 Å². The van der Waals surface area contributed by atoms with Crippen LogP contribution in [0, 0.1) is 0 Å². The Morgan fingerprint density at radius 3 is 1.40 bits per heavy atom. The Hall–Kier alpha value is -1.25. The second-order valence-electron chi connectivity index (χ2n) is 16.1. The van der Waals surface area contributed by atoms with Gasteiger partial charge in [0.15, 0.2) is 6.10 Å². The molecule has 0 aromatic carbocycles. The van der Waals surface area contributed by atoms with E-state index in [0.29, 0.717) is 17.4 Å². The van der Waals surface area contributed by atoms with Crippen LogP contribution in [-0.2, 0) is 32.7 Å². The SMILES string of the molecule is CCCCCCCC/C=C\CCCCCCCCCC(=O)O[C@H](COC(=O)CCCCCCCCCCCCCC)COP(=O)([O-])OCC[N+](C)(C)C. The average molecular weight is 774 g/mol. The lowest BCUT2D eigenvalue weighted by atomic mass is 10.0. The number of carbonyl (C=O) groups excluding carboxylic acids is 2. The third kappa shape index (κ3) is 40.2. The zero-order chi connectivity index (χ0) is 39.3. The summed E-state index contributed by atoms with van der Waals surface area (Å²) in [6.07, 6.45) is 36.6. The van der Waals surface area contributed by atoms with Crippen LogP contribution in [0.4, 0.5) is 0 Å². The van der Waals surface area contributed by atoms with Crippen molar-refractivity contribution in [3.63, 3.8) is 0 Å². The molecule has 0 radical (unpaired) electrons. The number of nitrogens with zero attached hydrogens (tertiary/aromatic N) is 1. The molecule has 1 unspecified atom stereocenters. The number of esters is 2. The maximum absolute atomic E-state index is 12.7. The summed E-state index contributed by atoms with van der Waals surface area (Å²) in [6.45, 7) is 4.23. The van der Waals surface area contributed by atoms with E-state index in [9.17, 15) is 19.0 Å². The predicted octanol–water partition coefficient (Wildman–Crippen LogP) is 11.6. The first kappa shape index (κ1) is 51.8. The second kappa shape index (κ2) is 36.4. The van der Waals surface area contributed by atoms with Gasteiger partial charge in [0.25, 0.3) is 7.82 Å². The molecule has 0 bridgehead atoms. The molecule has 0 spiro atoms. The van der Waals surface area contributed by atoms with Gasteiger partial charge in [-0.15, -0.1) is 0 Å². The lowest BCUT2D eigenvalue weighted by Gasteiger charge is -2.28. The summed E-state index contributed by atoms with van der Waals surface area (Å²) in [5.74, 6) is -0.832. The molecule has 0 saturated heterocycles. The van der Waals surface area contributed by atoms with E-state index in [-0.39, 0.29) is 32.0 Å². The molecule has 0 rings (SSSR count). The molecule has 0 N–H and O–H groups in total. The molecule has 0 aromatic heterocycles. The van der Waals surface area contributed by atoms with Crippen molar-refractivity contribution in [2.24, 2.45) is 0 Å². The number of rotatable bonds is 40. The Kier molecular flexibility index (Phi) is 35.5. The molecular weight excluding hydrogens is 689 g/mol. The Morgan fingerprint density at radius 1 is 0.566 bits per heavy atom. The molecule has 314 valence electrons. The number of phosphoric acid groups is 1. The van der Waals surface area contributed by atoms with E-state index in [1.165, 1.54) is 122 Å². The largest absolute Gasteiger partial charge is 0.756 e.